The van der Waals surface area contributed by atoms with Crippen molar-refractivity contribution >= 4 is 7.67 Å². The molecule has 0 bridgehead atoms. The quantitative estimate of drug-likeness (QED) is 0.562. The lowest BCUT2D eigenvalue weighted by atomic mass is 9.88. The van der Waals surface area contributed by atoms with E-state index in [2.05, 4.69) is 71.7 Å². The van der Waals surface area contributed by atoms with E-state index in [1.54, 1.807) is 7.11 Å². The van der Waals surface area contributed by atoms with Crippen LogP contribution in [-0.2, 0) is 9.09 Å². The van der Waals surface area contributed by atoms with E-state index < -0.39 is 7.67 Å². The zero-order valence-electron chi connectivity index (χ0n) is 17.1. The molecule has 2 fully saturated rings. The van der Waals surface area contributed by atoms with Crippen LogP contribution in [0.4, 0.5) is 0 Å². The third kappa shape index (κ3) is 3.27. The van der Waals surface area contributed by atoms with Gasteiger partial charge in [0.05, 0.1) is 0 Å². The molecule has 150 valence electrons. The summed E-state index contributed by atoms with van der Waals surface area (Å²) in [5.74, 6) is 0. The van der Waals surface area contributed by atoms with E-state index in [1.807, 2.05) is 12.1 Å². The molecule has 0 N–H and O–H groups in total. The van der Waals surface area contributed by atoms with Crippen LogP contribution in [0.3, 0.4) is 0 Å². The summed E-state index contributed by atoms with van der Waals surface area (Å²) < 4.78 is 24.8. The second-order valence-corrected chi connectivity index (χ2v) is 10.3. The molecule has 1 saturated carbocycles. The second-order valence-electron chi connectivity index (χ2n) is 8.03. The molecule has 1 heterocycles. The number of fused-ring (bicyclic) bond motifs is 1. The van der Waals surface area contributed by atoms with Gasteiger partial charge in [-0.1, -0.05) is 73.5 Å². The molecule has 0 amide bonds. The Morgan fingerprint density at radius 2 is 1.21 bits per heavy atom. The average molecular weight is 398 g/mol. The van der Waals surface area contributed by atoms with Gasteiger partial charge in [-0.2, -0.15) is 0 Å². The maximum Gasteiger partial charge on any atom is 0.347 e. The smallest absolute Gasteiger partial charge is 0.309 e. The van der Waals surface area contributed by atoms with Gasteiger partial charge in [-0.15, -0.1) is 0 Å². The first-order valence-corrected chi connectivity index (χ1v) is 11.9. The fraction of sp³-hybridized carbons (Fsp3) is 0.478. The van der Waals surface area contributed by atoms with Crippen molar-refractivity contribution in [3.05, 3.63) is 71.8 Å². The van der Waals surface area contributed by atoms with Crippen molar-refractivity contribution < 1.29 is 9.09 Å². The van der Waals surface area contributed by atoms with Crippen molar-refractivity contribution in [1.82, 2.24) is 9.34 Å². The Kier molecular flexibility index (Phi) is 5.76. The van der Waals surface area contributed by atoms with E-state index in [0.717, 1.165) is 12.8 Å². The van der Waals surface area contributed by atoms with Crippen LogP contribution in [0.25, 0.3) is 0 Å². The van der Waals surface area contributed by atoms with Crippen molar-refractivity contribution in [3.8, 4) is 0 Å². The third-order valence-corrected chi connectivity index (χ3v) is 9.48. The summed E-state index contributed by atoms with van der Waals surface area (Å²) in [6.45, 7) is 4.34. The van der Waals surface area contributed by atoms with E-state index in [4.69, 9.17) is 4.52 Å². The monoisotopic (exact) mass is 398 g/mol. The van der Waals surface area contributed by atoms with Gasteiger partial charge in [0, 0.05) is 31.3 Å². The van der Waals surface area contributed by atoms with E-state index in [9.17, 15) is 4.57 Å². The number of benzene rings is 2. The van der Waals surface area contributed by atoms with Crippen molar-refractivity contribution in [2.24, 2.45) is 0 Å². The van der Waals surface area contributed by atoms with Gasteiger partial charge in [0.15, 0.2) is 0 Å². The van der Waals surface area contributed by atoms with Crippen molar-refractivity contribution in [3.63, 3.8) is 0 Å². The molecule has 4 rings (SSSR count). The Labute approximate surface area is 169 Å². The molecule has 28 heavy (non-hydrogen) atoms. The normalized spacial score (nSPS) is 27.2. The first kappa shape index (κ1) is 19.8. The lowest BCUT2D eigenvalue weighted by Gasteiger charge is -2.36. The molecule has 5 heteroatoms. The maximum atomic E-state index is 14.5. The average Bonchev–Trinajstić information content (AvgIpc) is 3.02. The molecule has 4 atom stereocenters. The molecule has 2 aliphatic rings. The zero-order valence-corrected chi connectivity index (χ0v) is 18.0. The van der Waals surface area contributed by atoms with Gasteiger partial charge in [0.2, 0.25) is 0 Å². The van der Waals surface area contributed by atoms with Crippen LogP contribution in [0.1, 0.15) is 62.7 Å². The Morgan fingerprint density at radius 3 is 1.57 bits per heavy atom. The van der Waals surface area contributed by atoms with E-state index in [0.29, 0.717) is 0 Å². The number of nitrogens with zero attached hydrogens (tertiary/aromatic N) is 2. The van der Waals surface area contributed by atoms with Gasteiger partial charge in [-0.3, -0.25) is 4.57 Å². The van der Waals surface area contributed by atoms with Gasteiger partial charge >= 0.3 is 7.67 Å². The third-order valence-electron chi connectivity index (χ3n) is 6.55. The highest BCUT2D eigenvalue weighted by atomic mass is 31.2. The Hall–Kier alpha value is -1.45. The van der Waals surface area contributed by atoms with Crippen LogP contribution in [0.15, 0.2) is 60.7 Å². The molecule has 2 aromatic carbocycles. The molecule has 0 aromatic heterocycles. The predicted molar refractivity (Wildman–Crippen MR) is 114 cm³/mol. The highest BCUT2D eigenvalue weighted by Crippen LogP contribution is 2.69. The number of hydrogen-bond donors (Lipinski definition) is 0. The highest BCUT2D eigenvalue weighted by molar-refractivity contribution is 7.54. The van der Waals surface area contributed by atoms with Crippen molar-refractivity contribution in [2.45, 2.75) is 63.7 Å². The first-order chi connectivity index (χ1) is 13.6. The van der Waals surface area contributed by atoms with Crippen LogP contribution in [0, 0.1) is 0 Å². The van der Waals surface area contributed by atoms with Gasteiger partial charge in [-0.25, -0.2) is 9.34 Å². The fourth-order valence-electron chi connectivity index (χ4n) is 5.17. The molecule has 0 spiro atoms. The van der Waals surface area contributed by atoms with Crippen LogP contribution < -0.4 is 0 Å². The molecule has 1 saturated heterocycles. The molecule has 2 aromatic rings. The summed E-state index contributed by atoms with van der Waals surface area (Å²) in [6.07, 6.45) is 4.54. The van der Waals surface area contributed by atoms with Gasteiger partial charge in [0.25, 0.3) is 0 Å². The van der Waals surface area contributed by atoms with E-state index >= 15 is 0 Å². The lowest BCUT2D eigenvalue weighted by Crippen LogP contribution is -2.41. The molecule has 1 aliphatic heterocycles. The number of rotatable bonds is 5. The Bertz CT molecular complexity index is 764. The SMILES string of the molecule is COP1(=O)N([C@@H](C)c2ccccc2)[C@@H]2CCCC[C@H]2N1[C@@H](C)c1ccccc1. The molecule has 4 nitrogen and oxygen atoms in total. The standard InChI is InChI=1S/C23H31N2O2P/c1-18(20-12-6-4-7-13-20)24-22-16-10-11-17-23(22)25(28(24,26)27-3)19(2)21-14-8-5-9-15-21/h4-9,12-15,18-19,22-23H,10-11,16-17H2,1-3H3/t18-,19-,22+,23+/m0/s1. The van der Waals surface area contributed by atoms with Crippen LogP contribution in [0.2, 0.25) is 0 Å². The van der Waals surface area contributed by atoms with E-state index in [1.165, 1.54) is 24.0 Å². The summed E-state index contributed by atoms with van der Waals surface area (Å²) >= 11 is 0. The summed E-state index contributed by atoms with van der Waals surface area (Å²) in [5, 5.41) is 0. The van der Waals surface area contributed by atoms with Gasteiger partial charge in [0.1, 0.15) is 0 Å². The van der Waals surface area contributed by atoms with E-state index in [-0.39, 0.29) is 24.2 Å². The second kappa shape index (κ2) is 8.12. The molecular formula is C23H31N2O2P. The predicted octanol–water partition coefficient (Wildman–Crippen LogP) is 6.19. The Balaban J connectivity index is 1.77. The zero-order chi connectivity index (χ0) is 19.7. The largest absolute Gasteiger partial charge is 0.347 e. The Morgan fingerprint density at radius 1 is 0.821 bits per heavy atom. The van der Waals surface area contributed by atoms with Gasteiger partial charge < -0.3 is 4.52 Å². The maximum absolute atomic E-state index is 14.5. The van der Waals surface area contributed by atoms with Crippen LogP contribution in [-0.4, -0.2) is 28.5 Å². The minimum Gasteiger partial charge on any atom is -0.309 e. The fourth-order valence-corrected chi connectivity index (χ4v) is 8.22. The number of hydrogen-bond acceptors (Lipinski definition) is 2. The minimum atomic E-state index is -3.15. The summed E-state index contributed by atoms with van der Waals surface area (Å²) in [5.41, 5.74) is 2.39. The molecular weight excluding hydrogens is 367 g/mol. The van der Waals surface area contributed by atoms with Gasteiger partial charge in [-0.05, 0) is 37.8 Å². The highest BCUT2D eigenvalue weighted by Gasteiger charge is 2.59. The summed E-state index contributed by atoms with van der Waals surface area (Å²) in [6, 6.07) is 21.4. The molecule has 0 radical (unpaired) electrons. The van der Waals surface area contributed by atoms with Crippen molar-refractivity contribution in [1.29, 1.82) is 0 Å². The van der Waals surface area contributed by atoms with Crippen LogP contribution in [0.5, 0.6) is 0 Å². The van der Waals surface area contributed by atoms with Crippen molar-refractivity contribution in [2.75, 3.05) is 7.11 Å². The summed E-state index contributed by atoms with van der Waals surface area (Å²) in [4.78, 5) is 0. The first-order valence-electron chi connectivity index (χ1n) is 10.4. The minimum absolute atomic E-state index is 0.0468. The molecule has 1 aliphatic carbocycles. The summed E-state index contributed by atoms with van der Waals surface area (Å²) in [7, 11) is -1.53. The lowest BCUT2D eigenvalue weighted by molar-refractivity contribution is 0.166. The van der Waals surface area contributed by atoms with Crippen LogP contribution >= 0.6 is 7.67 Å². The molecule has 0 unspecified atom stereocenters. The topological polar surface area (TPSA) is 32.8 Å².